The first kappa shape index (κ1) is 15.2. The van der Waals surface area contributed by atoms with E-state index < -0.39 is 0 Å². The van der Waals surface area contributed by atoms with E-state index in [9.17, 15) is 4.79 Å². The van der Waals surface area contributed by atoms with Crippen LogP contribution >= 0.6 is 11.3 Å². The highest BCUT2D eigenvalue weighted by molar-refractivity contribution is 7.09. The standard InChI is InChI=1S/C18H22N2OS/c1-4-15-7-5-6-8-16(15)17(21)19-18-20(11-14-9-10-14)12(2)13(3)22-18/h5-8,14H,4,9-11H2,1-3H3/b19-18-. The molecule has 1 heterocycles. The van der Waals surface area contributed by atoms with Gasteiger partial charge in [0.05, 0.1) is 0 Å². The minimum Gasteiger partial charge on any atom is -0.320 e. The third-order valence-corrected chi connectivity index (χ3v) is 5.45. The summed E-state index contributed by atoms with van der Waals surface area (Å²) in [7, 11) is 0. The summed E-state index contributed by atoms with van der Waals surface area (Å²) in [6.45, 7) is 7.29. The summed E-state index contributed by atoms with van der Waals surface area (Å²) < 4.78 is 2.23. The lowest BCUT2D eigenvalue weighted by Crippen LogP contribution is -2.19. The maximum absolute atomic E-state index is 12.6. The normalized spacial score (nSPS) is 15.3. The number of hydrogen-bond acceptors (Lipinski definition) is 2. The summed E-state index contributed by atoms with van der Waals surface area (Å²) in [5.74, 6) is 0.646. The molecule has 0 bridgehead atoms. The molecule has 0 atom stereocenters. The fourth-order valence-electron chi connectivity index (χ4n) is 2.64. The fraction of sp³-hybridized carbons (Fsp3) is 0.444. The molecule has 0 radical (unpaired) electrons. The Bertz CT molecular complexity index is 766. The maximum Gasteiger partial charge on any atom is 0.279 e. The molecule has 0 saturated heterocycles. The Balaban J connectivity index is 2.00. The number of amides is 1. The fourth-order valence-corrected chi connectivity index (χ4v) is 3.62. The predicted octanol–water partition coefficient (Wildman–Crippen LogP) is 3.88. The van der Waals surface area contributed by atoms with Gasteiger partial charge in [0.15, 0.2) is 4.80 Å². The summed E-state index contributed by atoms with van der Waals surface area (Å²) >= 11 is 1.62. The molecule has 1 saturated carbocycles. The summed E-state index contributed by atoms with van der Waals surface area (Å²) in [6.07, 6.45) is 3.45. The number of aryl methyl sites for hydroxylation is 2. The molecule has 116 valence electrons. The molecule has 1 amide bonds. The van der Waals surface area contributed by atoms with Crippen molar-refractivity contribution in [3.8, 4) is 0 Å². The van der Waals surface area contributed by atoms with Crippen LogP contribution in [0.3, 0.4) is 0 Å². The van der Waals surface area contributed by atoms with Crippen LogP contribution < -0.4 is 4.80 Å². The second-order valence-corrected chi connectivity index (χ2v) is 7.19. The van der Waals surface area contributed by atoms with Gasteiger partial charge in [-0.05, 0) is 50.7 Å². The lowest BCUT2D eigenvalue weighted by molar-refractivity contribution is 0.0997. The Morgan fingerprint density at radius 2 is 2.05 bits per heavy atom. The lowest BCUT2D eigenvalue weighted by Gasteiger charge is -2.05. The van der Waals surface area contributed by atoms with Crippen molar-refractivity contribution in [2.45, 2.75) is 46.6 Å². The summed E-state index contributed by atoms with van der Waals surface area (Å²) in [4.78, 5) is 19.1. The van der Waals surface area contributed by atoms with Crippen molar-refractivity contribution in [2.75, 3.05) is 0 Å². The van der Waals surface area contributed by atoms with Crippen molar-refractivity contribution < 1.29 is 4.79 Å². The largest absolute Gasteiger partial charge is 0.320 e. The maximum atomic E-state index is 12.6. The molecule has 0 N–H and O–H groups in total. The van der Waals surface area contributed by atoms with E-state index in [-0.39, 0.29) is 5.91 Å². The van der Waals surface area contributed by atoms with Crippen LogP contribution in [-0.2, 0) is 13.0 Å². The van der Waals surface area contributed by atoms with E-state index >= 15 is 0 Å². The molecule has 1 fully saturated rings. The van der Waals surface area contributed by atoms with Crippen molar-refractivity contribution in [1.82, 2.24) is 4.57 Å². The zero-order valence-corrected chi connectivity index (χ0v) is 14.2. The summed E-state index contributed by atoms with van der Waals surface area (Å²) in [5, 5.41) is 0. The van der Waals surface area contributed by atoms with E-state index in [1.807, 2.05) is 24.3 Å². The molecule has 22 heavy (non-hydrogen) atoms. The predicted molar refractivity (Wildman–Crippen MR) is 90.2 cm³/mol. The van der Waals surface area contributed by atoms with Crippen LogP contribution in [0.2, 0.25) is 0 Å². The van der Waals surface area contributed by atoms with E-state index in [0.717, 1.165) is 34.8 Å². The Hall–Kier alpha value is -1.68. The Morgan fingerprint density at radius 3 is 2.73 bits per heavy atom. The van der Waals surface area contributed by atoms with E-state index in [4.69, 9.17) is 0 Å². The van der Waals surface area contributed by atoms with E-state index in [2.05, 4.69) is 30.3 Å². The van der Waals surface area contributed by atoms with Gasteiger partial charge in [0.1, 0.15) is 0 Å². The van der Waals surface area contributed by atoms with Crippen LogP contribution in [0, 0.1) is 19.8 Å². The molecular formula is C18H22N2OS. The summed E-state index contributed by atoms with van der Waals surface area (Å²) in [5.41, 5.74) is 3.04. The molecule has 1 aromatic heterocycles. The van der Waals surface area contributed by atoms with Crippen molar-refractivity contribution in [3.05, 3.63) is 50.8 Å². The van der Waals surface area contributed by atoms with Gasteiger partial charge in [-0.1, -0.05) is 25.1 Å². The number of benzene rings is 1. The van der Waals surface area contributed by atoms with Crippen LogP contribution in [0.25, 0.3) is 0 Å². The molecule has 3 nitrogen and oxygen atoms in total. The number of aromatic nitrogens is 1. The molecule has 0 aliphatic heterocycles. The first-order valence-corrected chi connectivity index (χ1v) is 8.75. The third kappa shape index (κ3) is 3.07. The smallest absolute Gasteiger partial charge is 0.279 e. The van der Waals surface area contributed by atoms with Crippen molar-refractivity contribution in [2.24, 2.45) is 10.9 Å². The van der Waals surface area contributed by atoms with Gasteiger partial charge < -0.3 is 4.57 Å². The molecule has 0 spiro atoms. The van der Waals surface area contributed by atoms with Crippen LogP contribution in [0.1, 0.15) is 46.3 Å². The second-order valence-electron chi connectivity index (χ2n) is 6.01. The quantitative estimate of drug-likeness (QED) is 0.843. The molecule has 1 aliphatic carbocycles. The Morgan fingerprint density at radius 1 is 1.32 bits per heavy atom. The zero-order valence-electron chi connectivity index (χ0n) is 13.4. The molecule has 4 heteroatoms. The SMILES string of the molecule is CCc1ccccc1C(=O)/N=c1\sc(C)c(C)n1CC1CC1. The molecular weight excluding hydrogens is 292 g/mol. The van der Waals surface area contributed by atoms with E-state index in [0.29, 0.717) is 0 Å². The van der Waals surface area contributed by atoms with E-state index in [1.54, 1.807) is 11.3 Å². The number of carbonyl (C=O) groups excluding carboxylic acids is 1. The van der Waals surface area contributed by atoms with Crippen molar-refractivity contribution in [1.29, 1.82) is 0 Å². The van der Waals surface area contributed by atoms with Crippen molar-refractivity contribution in [3.63, 3.8) is 0 Å². The first-order valence-electron chi connectivity index (χ1n) is 7.94. The van der Waals surface area contributed by atoms with Gasteiger partial charge in [-0.25, -0.2) is 0 Å². The molecule has 1 aromatic carbocycles. The Labute approximate surface area is 135 Å². The minimum absolute atomic E-state index is 0.122. The average Bonchev–Trinajstić information content (AvgIpc) is 3.30. The van der Waals surface area contributed by atoms with Crippen LogP contribution in [-0.4, -0.2) is 10.5 Å². The summed E-state index contributed by atoms with van der Waals surface area (Å²) in [6, 6.07) is 7.77. The lowest BCUT2D eigenvalue weighted by atomic mass is 10.1. The molecule has 1 aliphatic rings. The van der Waals surface area contributed by atoms with Crippen LogP contribution in [0.4, 0.5) is 0 Å². The number of hydrogen-bond donors (Lipinski definition) is 0. The monoisotopic (exact) mass is 314 g/mol. The molecule has 3 rings (SSSR count). The van der Waals surface area contributed by atoms with Gasteiger partial charge in [-0.2, -0.15) is 4.99 Å². The van der Waals surface area contributed by atoms with Gasteiger partial charge in [0, 0.05) is 22.7 Å². The van der Waals surface area contributed by atoms with Crippen LogP contribution in [0.15, 0.2) is 29.3 Å². The number of thiazole rings is 1. The van der Waals surface area contributed by atoms with Crippen LogP contribution in [0.5, 0.6) is 0 Å². The van der Waals surface area contributed by atoms with E-state index in [1.165, 1.54) is 23.4 Å². The molecule has 0 unspecified atom stereocenters. The zero-order chi connectivity index (χ0) is 15.7. The van der Waals surface area contributed by atoms with Gasteiger partial charge in [0.2, 0.25) is 0 Å². The topological polar surface area (TPSA) is 34.4 Å². The Kier molecular flexibility index (Phi) is 4.30. The van der Waals surface area contributed by atoms with Gasteiger partial charge in [-0.3, -0.25) is 4.79 Å². The number of carbonyl (C=O) groups is 1. The first-order chi connectivity index (χ1) is 10.6. The number of rotatable bonds is 4. The third-order valence-electron chi connectivity index (χ3n) is 4.35. The highest BCUT2D eigenvalue weighted by atomic mass is 32.1. The van der Waals surface area contributed by atoms with Gasteiger partial charge >= 0.3 is 0 Å². The minimum atomic E-state index is -0.122. The highest BCUT2D eigenvalue weighted by Crippen LogP contribution is 2.31. The molecule has 2 aromatic rings. The van der Waals surface area contributed by atoms with Crippen molar-refractivity contribution >= 4 is 17.2 Å². The van der Waals surface area contributed by atoms with Gasteiger partial charge in [0.25, 0.3) is 5.91 Å². The van der Waals surface area contributed by atoms with Gasteiger partial charge in [-0.15, -0.1) is 11.3 Å². The average molecular weight is 314 g/mol. The number of nitrogens with zero attached hydrogens (tertiary/aromatic N) is 2. The second kappa shape index (κ2) is 6.21. The highest BCUT2D eigenvalue weighted by Gasteiger charge is 2.23.